The molecule has 0 radical (unpaired) electrons. The minimum Gasteiger partial charge on any atom is -0.370 e. The largest absolute Gasteiger partial charge is 0.370 e. The van der Waals surface area contributed by atoms with E-state index in [0.717, 1.165) is 53.4 Å². The van der Waals surface area contributed by atoms with E-state index in [1.54, 1.807) is 0 Å². The number of rotatable bonds is 3. The Bertz CT molecular complexity index is 965. The topological polar surface area (TPSA) is 97.7 Å². The number of carbonyl (C=O) groups is 1. The second-order valence-corrected chi connectivity index (χ2v) is 6.28. The van der Waals surface area contributed by atoms with E-state index in [0.29, 0.717) is 0 Å². The number of H-pyrrole nitrogens is 1. The highest BCUT2D eigenvalue weighted by Crippen LogP contribution is 2.32. The summed E-state index contributed by atoms with van der Waals surface area (Å²) < 4.78 is 0. The van der Waals surface area contributed by atoms with Gasteiger partial charge >= 0.3 is 0 Å². The molecule has 2 N–H and O–H groups in total. The number of hydrogen-bond donors (Lipinski definition) is 2. The van der Waals surface area contributed by atoms with Gasteiger partial charge in [-0.05, 0) is 18.9 Å². The summed E-state index contributed by atoms with van der Waals surface area (Å²) >= 11 is 0. The maximum atomic E-state index is 11.6. The van der Waals surface area contributed by atoms with Gasteiger partial charge in [0.2, 0.25) is 5.91 Å². The first kappa shape index (κ1) is 15.4. The van der Waals surface area contributed by atoms with E-state index < -0.39 is 0 Å². The highest BCUT2D eigenvalue weighted by atomic mass is 16.1. The summed E-state index contributed by atoms with van der Waals surface area (Å²) in [5, 5.41) is 14.8. The van der Waals surface area contributed by atoms with Crippen LogP contribution in [-0.2, 0) is 4.79 Å². The van der Waals surface area contributed by atoms with Crippen LogP contribution in [0, 0.1) is 11.3 Å². The Kier molecular flexibility index (Phi) is 3.94. The molecule has 4 heterocycles. The first-order valence-electron chi connectivity index (χ1n) is 8.37. The van der Waals surface area contributed by atoms with Crippen LogP contribution < -0.4 is 10.2 Å². The molecule has 1 aliphatic rings. The average molecular weight is 334 g/mol. The first-order valence-corrected chi connectivity index (χ1v) is 8.37. The third kappa shape index (κ3) is 2.87. The number of nitrogens with one attached hydrogen (secondary N) is 2. The molecule has 1 aliphatic heterocycles. The van der Waals surface area contributed by atoms with E-state index in [1.165, 1.54) is 0 Å². The molecule has 7 nitrogen and oxygen atoms in total. The first-order chi connectivity index (χ1) is 12.3. The average Bonchev–Trinajstić information content (AvgIpc) is 3.11. The normalized spacial score (nSPS) is 15.4. The molecule has 0 spiro atoms. The number of nitrogens with zero attached hydrogens (tertiary/aromatic N) is 4. The van der Waals surface area contributed by atoms with Gasteiger partial charge in [0.1, 0.15) is 12.1 Å². The quantitative estimate of drug-likeness (QED) is 0.764. The number of hydrogen-bond acceptors (Lipinski definition) is 5. The van der Waals surface area contributed by atoms with Crippen LogP contribution in [0.3, 0.4) is 0 Å². The molecule has 0 aliphatic carbocycles. The number of pyridine rings is 2. The van der Waals surface area contributed by atoms with Crippen molar-refractivity contribution in [3.8, 4) is 6.07 Å². The molecular weight excluding hydrogens is 316 g/mol. The second kappa shape index (κ2) is 6.40. The Hall–Kier alpha value is -3.14. The van der Waals surface area contributed by atoms with Gasteiger partial charge in [0.25, 0.3) is 0 Å². The molecule has 0 aromatic carbocycles. The van der Waals surface area contributed by atoms with Crippen LogP contribution in [0.2, 0.25) is 0 Å². The van der Waals surface area contributed by atoms with Crippen molar-refractivity contribution < 1.29 is 4.79 Å². The standard InChI is InChI=1S/C18H18N6O/c19-5-1-16(25)23-13-3-7-24(8-4-13)15-11-20-9-12-10-22-18-14(17(12)15)2-6-21-18/h2,6,9-11,13H,1,3-4,7-8H2,(H,21,22)(H,23,25). The van der Waals surface area contributed by atoms with Crippen molar-refractivity contribution in [3.05, 3.63) is 30.9 Å². The molecule has 1 fully saturated rings. The number of aromatic amines is 1. The minimum atomic E-state index is -0.187. The molecule has 0 atom stereocenters. The van der Waals surface area contributed by atoms with E-state index in [4.69, 9.17) is 5.26 Å². The summed E-state index contributed by atoms with van der Waals surface area (Å²) in [6.45, 7) is 1.68. The molecule has 0 unspecified atom stereocenters. The van der Waals surface area contributed by atoms with Crippen LogP contribution in [0.15, 0.2) is 30.9 Å². The summed E-state index contributed by atoms with van der Waals surface area (Å²) in [4.78, 5) is 25.9. The molecular formula is C18H18N6O. The van der Waals surface area contributed by atoms with Crippen LogP contribution in [0.5, 0.6) is 0 Å². The number of piperidine rings is 1. The lowest BCUT2D eigenvalue weighted by Crippen LogP contribution is -2.44. The predicted octanol–water partition coefficient (Wildman–Crippen LogP) is 2.11. The number of amides is 1. The van der Waals surface area contributed by atoms with E-state index >= 15 is 0 Å². The highest BCUT2D eigenvalue weighted by Gasteiger charge is 2.22. The van der Waals surface area contributed by atoms with Crippen LogP contribution in [0.25, 0.3) is 21.8 Å². The van der Waals surface area contributed by atoms with Crippen molar-refractivity contribution in [1.29, 1.82) is 5.26 Å². The summed E-state index contributed by atoms with van der Waals surface area (Å²) in [5.74, 6) is -0.187. The molecule has 0 saturated carbocycles. The number of carbonyl (C=O) groups excluding carboxylic acids is 1. The van der Waals surface area contributed by atoms with Gasteiger partial charge in [0.05, 0.1) is 18.0 Å². The van der Waals surface area contributed by atoms with E-state index in [-0.39, 0.29) is 18.4 Å². The fourth-order valence-corrected chi connectivity index (χ4v) is 3.51. The monoisotopic (exact) mass is 334 g/mol. The lowest BCUT2D eigenvalue weighted by Gasteiger charge is -2.34. The van der Waals surface area contributed by atoms with Gasteiger partial charge < -0.3 is 15.2 Å². The van der Waals surface area contributed by atoms with Gasteiger partial charge in [-0.3, -0.25) is 9.78 Å². The Balaban J connectivity index is 1.58. The predicted molar refractivity (Wildman–Crippen MR) is 95.0 cm³/mol. The van der Waals surface area contributed by atoms with E-state index in [1.807, 2.05) is 36.9 Å². The van der Waals surface area contributed by atoms with Crippen molar-refractivity contribution in [2.75, 3.05) is 18.0 Å². The summed E-state index contributed by atoms with van der Waals surface area (Å²) in [6.07, 6.45) is 9.13. The maximum absolute atomic E-state index is 11.6. The number of nitriles is 1. The molecule has 126 valence electrons. The van der Waals surface area contributed by atoms with Crippen molar-refractivity contribution in [1.82, 2.24) is 20.3 Å². The van der Waals surface area contributed by atoms with Crippen LogP contribution in [-0.4, -0.2) is 40.0 Å². The van der Waals surface area contributed by atoms with Gasteiger partial charge in [-0.15, -0.1) is 0 Å². The maximum Gasteiger partial charge on any atom is 0.234 e. The smallest absolute Gasteiger partial charge is 0.234 e. The minimum absolute atomic E-state index is 0.0775. The highest BCUT2D eigenvalue weighted by molar-refractivity contribution is 6.10. The van der Waals surface area contributed by atoms with Crippen LogP contribution in [0.1, 0.15) is 19.3 Å². The Morgan fingerprint density at radius 2 is 2.20 bits per heavy atom. The van der Waals surface area contributed by atoms with Crippen molar-refractivity contribution >= 4 is 33.4 Å². The van der Waals surface area contributed by atoms with Gasteiger partial charge in [-0.1, -0.05) is 0 Å². The SMILES string of the molecule is N#CCC(=O)NC1CCN(c2cncc3cnc4[nH]ccc4c23)CC1. The molecule has 25 heavy (non-hydrogen) atoms. The zero-order valence-electron chi connectivity index (χ0n) is 13.7. The molecule has 7 heteroatoms. The third-order valence-corrected chi connectivity index (χ3v) is 4.72. The Morgan fingerprint density at radius 1 is 1.36 bits per heavy atom. The van der Waals surface area contributed by atoms with Gasteiger partial charge in [0, 0.05) is 53.9 Å². The number of fused-ring (bicyclic) bond motifs is 3. The van der Waals surface area contributed by atoms with Crippen LogP contribution >= 0.6 is 0 Å². The fourth-order valence-electron chi connectivity index (χ4n) is 3.51. The zero-order valence-corrected chi connectivity index (χ0v) is 13.7. The summed E-state index contributed by atoms with van der Waals surface area (Å²) in [5.41, 5.74) is 1.98. The Morgan fingerprint density at radius 3 is 3.00 bits per heavy atom. The third-order valence-electron chi connectivity index (χ3n) is 4.72. The van der Waals surface area contributed by atoms with Gasteiger partial charge in [-0.25, -0.2) is 4.98 Å². The second-order valence-electron chi connectivity index (χ2n) is 6.28. The number of aromatic nitrogens is 3. The van der Waals surface area contributed by atoms with Crippen molar-refractivity contribution in [2.45, 2.75) is 25.3 Å². The van der Waals surface area contributed by atoms with Crippen molar-refractivity contribution in [2.24, 2.45) is 0 Å². The fraction of sp³-hybridized carbons (Fsp3) is 0.333. The zero-order chi connectivity index (χ0) is 17.2. The molecule has 4 rings (SSSR count). The molecule has 3 aromatic rings. The lowest BCUT2D eigenvalue weighted by atomic mass is 10.0. The van der Waals surface area contributed by atoms with Gasteiger partial charge in [0.15, 0.2) is 0 Å². The Labute approximate surface area is 144 Å². The van der Waals surface area contributed by atoms with Crippen molar-refractivity contribution in [3.63, 3.8) is 0 Å². The van der Waals surface area contributed by atoms with Gasteiger partial charge in [-0.2, -0.15) is 5.26 Å². The van der Waals surface area contributed by atoms with E-state index in [9.17, 15) is 4.79 Å². The molecule has 3 aromatic heterocycles. The molecule has 1 amide bonds. The summed E-state index contributed by atoms with van der Waals surface area (Å²) in [7, 11) is 0. The lowest BCUT2D eigenvalue weighted by molar-refractivity contribution is -0.120. The van der Waals surface area contributed by atoms with Crippen LogP contribution in [0.4, 0.5) is 5.69 Å². The number of anilines is 1. The summed E-state index contributed by atoms with van der Waals surface area (Å²) in [6, 6.07) is 4.06. The van der Waals surface area contributed by atoms with E-state index in [2.05, 4.69) is 25.2 Å². The molecule has 1 saturated heterocycles. The molecule has 0 bridgehead atoms.